The number of carbonyl (C=O) groups is 1. The summed E-state index contributed by atoms with van der Waals surface area (Å²) >= 11 is 3.33. The Morgan fingerprint density at radius 1 is 1.00 bits per heavy atom. The number of hydrogen-bond donors (Lipinski definition) is 0. The third-order valence-corrected chi connectivity index (χ3v) is 9.31. The molecule has 0 radical (unpaired) electrons. The normalized spacial score (nSPS) is 14.8. The molecule has 0 unspecified atom stereocenters. The zero-order valence-electron chi connectivity index (χ0n) is 17.2. The second kappa shape index (κ2) is 9.88. The van der Waals surface area contributed by atoms with E-state index in [1.165, 1.54) is 33.4 Å². The third kappa shape index (κ3) is 4.89. The van der Waals surface area contributed by atoms with Gasteiger partial charge in [-0.1, -0.05) is 18.2 Å². The molecule has 0 bridgehead atoms. The monoisotopic (exact) mass is 483 g/mol. The molecule has 1 aliphatic rings. The van der Waals surface area contributed by atoms with Gasteiger partial charge in [-0.25, -0.2) is 8.42 Å². The minimum absolute atomic E-state index is 0.0744. The lowest BCUT2D eigenvalue weighted by Crippen LogP contribution is -2.50. The van der Waals surface area contributed by atoms with Crippen molar-refractivity contribution in [2.45, 2.75) is 15.5 Å². The van der Waals surface area contributed by atoms with Crippen molar-refractivity contribution in [3.8, 4) is 6.07 Å². The molecule has 0 spiro atoms. The van der Waals surface area contributed by atoms with Crippen LogP contribution in [0.25, 0.3) is 0 Å². The van der Waals surface area contributed by atoms with Crippen LogP contribution in [0.1, 0.15) is 20.8 Å². The smallest absolute Gasteiger partial charge is 0.255 e. The van der Waals surface area contributed by atoms with E-state index in [1.54, 1.807) is 28.0 Å². The number of thiophene rings is 1. The van der Waals surface area contributed by atoms with Crippen LogP contribution in [0.5, 0.6) is 0 Å². The highest BCUT2D eigenvalue weighted by molar-refractivity contribution is 7.98. The molecule has 1 saturated heterocycles. The molecule has 3 aromatic rings. The molecule has 0 atom stereocenters. The molecule has 2 heterocycles. The molecule has 1 aromatic heterocycles. The van der Waals surface area contributed by atoms with Crippen molar-refractivity contribution in [1.29, 1.82) is 5.26 Å². The Labute approximate surface area is 196 Å². The average Bonchev–Trinajstić information content (AvgIpc) is 3.36. The number of rotatable bonds is 6. The lowest BCUT2D eigenvalue weighted by Gasteiger charge is -2.34. The van der Waals surface area contributed by atoms with Crippen molar-refractivity contribution in [2.24, 2.45) is 0 Å². The molecule has 0 aliphatic carbocycles. The summed E-state index contributed by atoms with van der Waals surface area (Å²) < 4.78 is 27.2. The van der Waals surface area contributed by atoms with E-state index in [4.69, 9.17) is 5.26 Å². The van der Waals surface area contributed by atoms with Crippen molar-refractivity contribution < 1.29 is 13.2 Å². The number of benzene rings is 2. The van der Waals surface area contributed by atoms with Crippen LogP contribution in [0.3, 0.4) is 0 Å². The highest BCUT2D eigenvalue weighted by atomic mass is 32.2. The van der Waals surface area contributed by atoms with Gasteiger partial charge in [0.1, 0.15) is 0 Å². The molecule has 164 valence electrons. The summed E-state index contributed by atoms with van der Waals surface area (Å²) in [5.74, 6) is 0.730. The number of nitriles is 1. The van der Waals surface area contributed by atoms with Crippen molar-refractivity contribution >= 4 is 39.0 Å². The van der Waals surface area contributed by atoms with Crippen LogP contribution in [0.2, 0.25) is 0 Å². The van der Waals surface area contributed by atoms with Crippen molar-refractivity contribution in [3.63, 3.8) is 0 Å². The lowest BCUT2D eigenvalue weighted by molar-refractivity contribution is 0.0694. The third-order valence-electron chi connectivity index (χ3n) is 5.21. The van der Waals surface area contributed by atoms with E-state index in [-0.39, 0.29) is 23.9 Å². The zero-order chi connectivity index (χ0) is 22.6. The highest BCUT2D eigenvalue weighted by Gasteiger charge is 2.31. The molecule has 32 heavy (non-hydrogen) atoms. The molecule has 0 N–H and O–H groups in total. The molecule has 0 saturated carbocycles. The summed E-state index contributed by atoms with van der Waals surface area (Å²) in [5, 5.41) is 10.9. The van der Waals surface area contributed by atoms with E-state index in [9.17, 15) is 13.2 Å². The van der Waals surface area contributed by atoms with Crippen LogP contribution in [-0.4, -0.2) is 49.7 Å². The zero-order valence-corrected chi connectivity index (χ0v) is 19.6. The first-order chi connectivity index (χ1) is 15.5. The number of piperazine rings is 1. The summed E-state index contributed by atoms with van der Waals surface area (Å²) in [6, 6.07) is 19.5. The Morgan fingerprint density at radius 2 is 1.72 bits per heavy atom. The molecule has 1 aliphatic heterocycles. The van der Waals surface area contributed by atoms with Crippen molar-refractivity contribution in [1.82, 2.24) is 9.21 Å². The maximum absolute atomic E-state index is 13.2. The van der Waals surface area contributed by atoms with Crippen LogP contribution in [0.15, 0.2) is 75.8 Å². The maximum atomic E-state index is 13.2. The van der Waals surface area contributed by atoms with Crippen molar-refractivity contribution in [2.75, 3.05) is 26.2 Å². The van der Waals surface area contributed by atoms with Crippen LogP contribution in [0, 0.1) is 11.3 Å². The molecule has 2 aromatic carbocycles. The van der Waals surface area contributed by atoms with Gasteiger partial charge in [0.15, 0.2) is 0 Å². The standard InChI is InChI=1S/C23H21N3O3S3/c24-16-18-7-9-20(10-8-18)32(28,29)26-13-11-25(12-14-26)23(27)21-5-1-2-6-22(21)31-17-19-4-3-15-30-19/h1-10,15H,11-14,17H2. The fraction of sp³-hybridized carbons (Fsp3) is 0.217. The Bertz CT molecular complexity index is 1230. The summed E-state index contributed by atoms with van der Waals surface area (Å²) in [6.07, 6.45) is 0. The van der Waals surface area contributed by atoms with Crippen molar-refractivity contribution in [3.05, 3.63) is 82.0 Å². The molecular weight excluding hydrogens is 462 g/mol. The van der Waals surface area contributed by atoms with Gasteiger partial charge in [0.05, 0.1) is 22.1 Å². The fourth-order valence-electron chi connectivity index (χ4n) is 3.47. The van der Waals surface area contributed by atoms with Crippen LogP contribution in [-0.2, 0) is 15.8 Å². The Balaban J connectivity index is 1.42. The SMILES string of the molecule is N#Cc1ccc(S(=O)(=O)N2CCN(C(=O)c3ccccc3SCc3cccs3)CC2)cc1. The minimum atomic E-state index is -3.66. The van der Waals surface area contributed by atoms with E-state index in [2.05, 4.69) is 6.07 Å². The molecule has 1 fully saturated rings. The van der Waals surface area contributed by atoms with E-state index < -0.39 is 10.0 Å². The topological polar surface area (TPSA) is 81.5 Å². The minimum Gasteiger partial charge on any atom is -0.336 e. The summed E-state index contributed by atoms with van der Waals surface area (Å²) in [6.45, 7) is 1.13. The van der Waals surface area contributed by atoms with E-state index >= 15 is 0 Å². The highest BCUT2D eigenvalue weighted by Crippen LogP contribution is 2.29. The fourth-order valence-corrected chi connectivity index (χ4v) is 6.70. The second-order valence-electron chi connectivity index (χ2n) is 7.20. The second-order valence-corrected chi connectivity index (χ2v) is 11.2. The number of carbonyl (C=O) groups excluding carboxylic acids is 1. The summed E-state index contributed by atoms with van der Waals surface area (Å²) in [5.41, 5.74) is 1.06. The predicted octanol–water partition coefficient (Wildman–Crippen LogP) is 4.06. The summed E-state index contributed by atoms with van der Waals surface area (Å²) in [4.78, 5) is 17.3. The lowest BCUT2D eigenvalue weighted by atomic mass is 10.2. The van der Waals surface area contributed by atoms with Gasteiger partial charge >= 0.3 is 0 Å². The summed E-state index contributed by atoms with van der Waals surface area (Å²) in [7, 11) is -3.66. The predicted molar refractivity (Wildman–Crippen MR) is 126 cm³/mol. The molecule has 4 rings (SSSR count). The van der Waals surface area contributed by atoms with Gasteiger partial charge in [-0.3, -0.25) is 4.79 Å². The largest absolute Gasteiger partial charge is 0.336 e. The first-order valence-electron chi connectivity index (χ1n) is 10.0. The molecular formula is C23H21N3O3S3. The van der Waals surface area contributed by atoms with Gasteiger partial charge in [0.2, 0.25) is 10.0 Å². The number of nitrogens with zero attached hydrogens (tertiary/aromatic N) is 3. The maximum Gasteiger partial charge on any atom is 0.255 e. The van der Waals surface area contributed by atoms with Crippen LogP contribution >= 0.6 is 23.1 Å². The van der Waals surface area contributed by atoms with Crippen LogP contribution < -0.4 is 0 Å². The number of thioether (sulfide) groups is 1. The van der Waals surface area contributed by atoms with Gasteiger partial charge in [0.25, 0.3) is 5.91 Å². The van der Waals surface area contributed by atoms with E-state index in [1.807, 2.05) is 41.8 Å². The van der Waals surface area contributed by atoms with Gasteiger partial charge in [-0.05, 0) is 47.8 Å². The Kier molecular flexibility index (Phi) is 6.96. The molecule has 1 amide bonds. The van der Waals surface area contributed by atoms with Gasteiger partial charge in [-0.2, -0.15) is 9.57 Å². The first-order valence-corrected chi connectivity index (χ1v) is 13.3. The quantitative estimate of drug-likeness (QED) is 0.494. The van der Waals surface area contributed by atoms with Gasteiger partial charge in [0, 0.05) is 41.7 Å². The Hall–Kier alpha value is -2.64. The number of hydrogen-bond acceptors (Lipinski definition) is 6. The number of sulfonamides is 1. The number of amides is 1. The molecule has 6 nitrogen and oxygen atoms in total. The van der Waals surface area contributed by atoms with Crippen LogP contribution in [0.4, 0.5) is 0 Å². The van der Waals surface area contributed by atoms with E-state index in [0.717, 1.165) is 10.6 Å². The average molecular weight is 484 g/mol. The van der Waals surface area contributed by atoms with Gasteiger partial charge < -0.3 is 4.90 Å². The van der Waals surface area contributed by atoms with Gasteiger partial charge in [-0.15, -0.1) is 23.1 Å². The van der Waals surface area contributed by atoms with E-state index in [0.29, 0.717) is 24.2 Å². The first kappa shape index (κ1) is 22.6. The molecule has 9 heteroatoms. The Morgan fingerprint density at radius 3 is 2.38 bits per heavy atom.